The Labute approximate surface area is 149 Å². The Morgan fingerprint density at radius 1 is 0.923 bits per heavy atom. The van der Waals surface area contributed by atoms with Crippen molar-refractivity contribution in [1.29, 1.82) is 0 Å². The van der Waals surface area contributed by atoms with Gasteiger partial charge < -0.3 is 10.2 Å². The van der Waals surface area contributed by atoms with Crippen LogP contribution in [0, 0.1) is 0 Å². The molecule has 3 aromatic rings. The van der Waals surface area contributed by atoms with Crippen molar-refractivity contribution in [1.82, 2.24) is 10.3 Å². The predicted molar refractivity (Wildman–Crippen MR) is 97.3 cm³/mol. The molecule has 1 fully saturated rings. The van der Waals surface area contributed by atoms with E-state index in [4.69, 9.17) is 0 Å². The minimum atomic E-state index is -4.44. The van der Waals surface area contributed by atoms with Gasteiger partial charge in [0.2, 0.25) is 0 Å². The summed E-state index contributed by atoms with van der Waals surface area (Å²) in [4.78, 5) is 6.54. The summed E-state index contributed by atoms with van der Waals surface area (Å²) in [6, 6.07) is 15.5. The van der Waals surface area contributed by atoms with Crippen LogP contribution in [0.25, 0.3) is 22.2 Å². The highest BCUT2D eigenvalue weighted by Crippen LogP contribution is 2.38. The van der Waals surface area contributed by atoms with E-state index in [-0.39, 0.29) is 5.52 Å². The molecule has 0 saturated carbocycles. The van der Waals surface area contributed by atoms with E-state index in [2.05, 4.69) is 15.2 Å². The molecule has 26 heavy (non-hydrogen) atoms. The SMILES string of the molecule is FC(F)(F)c1cccc2c(N3CCNCC3)cc(-c3ccccc3)nc12. The lowest BCUT2D eigenvalue weighted by Gasteiger charge is -2.31. The topological polar surface area (TPSA) is 28.2 Å². The molecule has 0 atom stereocenters. The fourth-order valence-electron chi connectivity index (χ4n) is 3.38. The maximum atomic E-state index is 13.6. The molecule has 6 heteroatoms. The number of nitrogens with one attached hydrogen (secondary N) is 1. The van der Waals surface area contributed by atoms with Gasteiger partial charge in [-0.15, -0.1) is 0 Å². The predicted octanol–water partition coefficient (Wildman–Crippen LogP) is 4.33. The Morgan fingerprint density at radius 3 is 2.35 bits per heavy atom. The molecule has 2 heterocycles. The molecule has 3 nitrogen and oxygen atoms in total. The summed E-state index contributed by atoms with van der Waals surface area (Å²) in [5, 5.41) is 3.82. The van der Waals surface area contributed by atoms with Crippen molar-refractivity contribution in [3.63, 3.8) is 0 Å². The molecule has 0 aliphatic carbocycles. The van der Waals surface area contributed by atoms with Crippen molar-refractivity contribution >= 4 is 16.6 Å². The molecule has 0 unspecified atom stereocenters. The third-order valence-corrected chi connectivity index (χ3v) is 4.65. The second-order valence-electron chi connectivity index (χ2n) is 6.33. The Hall–Kier alpha value is -2.60. The smallest absolute Gasteiger partial charge is 0.368 e. The number of nitrogens with zero attached hydrogens (tertiary/aromatic N) is 2. The Morgan fingerprint density at radius 2 is 1.65 bits per heavy atom. The van der Waals surface area contributed by atoms with Crippen molar-refractivity contribution in [2.75, 3.05) is 31.1 Å². The van der Waals surface area contributed by atoms with Crippen LogP contribution in [0.4, 0.5) is 18.9 Å². The van der Waals surface area contributed by atoms with Crippen LogP contribution in [0.1, 0.15) is 5.56 Å². The van der Waals surface area contributed by atoms with E-state index < -0.39 is 11.7 Å². The first-order chi connectivity index (χ1) is 12.5. The van der Waals surface area contributed by atoms with Crippen LogP contribution < -0.4 is 10.2 Å². The van der Waals surface area contributed by atoms with Crippen molar-refractivity contribution in [3.05, 3.63) is 60.2 Å². The third kappa shape index (κ3) is 3.12. The van der Waals surface area contributed by atoms with Crippen molar-refractivity contribution < 1.29 is 13.2 Å². The molecule has 1 aliphatic rings. The number of hydrogen-bond donors (Lipinski definition) is 1. The lowest BCUT2D eigenvalue weighted by molar-refractivity contribution is -0.136. The zero-order valence-corrected chi connectivity index (χ0v) is 14.1. The number of para-hydroxylation sites is 1. The molecule has 0 bridgehead atoms. The van der Waals surface area contributed by atoms with Crippen LogP contribution in [0.15, 0.2) is 54.6 Å². The fraction of sp³-hybridized carbons (Fsp3) is 0.250. The number of halogens is 3. The summed E-state index contributed by atoms with van der Waals surface area (Å²) in [6.07, 6.45) is -4.44. The summed E-state index contributed by atoms with van der Waals surface area (Å²) in [5.74, 6) is 0. The molecule has 1 aliphatic heterocycles. The van der Waals surface area contributed by atoms with Gasteiger partial charge >= 0.3 is 6.18 Å². The first kappa shape index (κ1) is 16.8. The number of aromatic nitrogens is 1. The number of alkyl halides is 3. The van der Waals surface area contributed by atoms with Gasteiger partial charge in [-0.1, -0.05) is 42.5 Å². The van der Waals surface area contributed by atoms with Gasteiger partial charge in [-0.25, -0.2) is 4.98 Å². The molecular formula is C20H18F3N3. The molecule has 0 radical (unpaired) electrons. The van der Waals surface area contributed by atoms with Crippen LogP contribution in [-0.2, 0) is 6.18 Å². The molecule has 0 spiro atoms. The average Bonchev–Trinajstić information content (AvgIpc) is 2.67. The van der Waals surface area contributed by atoms with Crippen LogP contribution in [0.2, 0.25) is 0 Å². The van der Waals surface area contributed by atoms with E-state index in [0.717, 1.165) is 43.5 Å². The Kier molecular flexibility index (Phi) is 4.28. The maximum Gasteiger partial charge on any atom is 0.418 e. The van der Waals surface area contributed by atoms with Crippen molar-refractivity contribution in [3.8, 4) is 11.3 Å². The van der Waals surface area contributed by atoms with Gasteiger partial charge in [0.15, 0.2) is 0 Å². The van der Waals surface area contributed by atoms with Gasteiger partial charge in [-0.3, -0.25) is 0 Å². The van der Waals surface area contributed by atoms with E-state index in [1.165, 1.54) is 6.07 Å². The largest absolute Gasteiger partial charge is 0.418 e. The number of hydrogen-bond acceptors (Lipinski definition) is 3. The van der Waals surface area contributed by atoms with Gasteiger partial charge in [0, 0.05) is 42.8 Å². The number of rotatable bonds is 2. The number of piperazine rings is 1. The third-order valence-electron chi connectivity index (χ3n) is 4.65. The Bertz CT molecular complexity index is 917. The molecule has 1 N–H and O–H groups in total. The number of pyridine rings is 1. The number of benzene rings is 2. The van der Waals surface area contributed by atoms with Gasteiger partial charge in [-0.2, -0.15) is 13.2 Å². The van der Waals surface area contributed by atoms with Crippen LogP contribution >= 0.6 is 0 Å². The fourth-order valence-corrected chi connectivity index (χ4v) is 3.38. The second kappa shape index (κ2) is 6.61. The first-order valence-corrected chi connectivity index (χ1v) is 8.56. The van der Waals surface area contributed by atoms with Gasteiger partial charge in [-0.05, 0) is 12.1 Å². The van der Waals surface area contributed by atoms with Gasteiger partial charge in [0.05, 0.1) is 16.8 Å². The van der Waals surface area contributed by atoms with Crippen molar-refractivity contribution in [2.24, 2.45) is 0 Å². The summed E-state index contributed by atoms with van der Waals surface area (Å²) in [7, 11) is 0. The van der Waals surface area contributed by atoms with Gasteiger partial charge in [0.25, 0.3) is 0 Å². The zero-order chi connectivity index (χ0) is 18.1. The molecular weight excluding hydrogens is 339 g/mol. The summed E-state index contributed by atoms with van der Waals surface area (Å²) >= 11 is 0. The van der Waals surface area contributed by atoms with E-state index in [1.807, 2.05) is 36.4 Å². The van der Waals surface area contributed by atoms with E-state index in [0.29, 0.717) is 11.1 Å². The maximum absolute atomic E-state index is 13.6. The molecule has 2 aromatic carbocycles. The minimum Gasteiger partial charge on any atom is -0.368 e. The highest BCUT2D eigenvalue weighted by molar-refractivity contribution is 5.96. The highest BCUT2D eigenvalue weighted by Gasteiger charge is 2.34. The van der Waals surface area contributed by atoms with E-state index >= 15 is 0 Å². The first-order valence-electron chi connectivity index (χ1n) is 8.56. The number of fused-ring (bicyclic) bond motifs is 1. The van der Waals surface area contributed by atoms with Crippen molar-refractivity contribution in [2.45, 2.75) is 6.18 Å². The molecule has 134 valence electrons. The highest BCUT2D eigenvalue weighted by atomic mass is 19.4. The summed E-state index contributed by atoms with van der Waals surface area (Å²) < 4.78 is 40.7. The molecule has 0 amide bonds. The second-order valence-corrected chi connectivity index (χ2v) is 6.33. The summed E-state index contributed by atoms with van der Waals surface area (Å²) in [6.45, 7) is 3.13. The summed E-state index contributed by atoms with van der Waals surface area (Å²) in [5.41, 5.74) is 1.49. The van der Waals surface area contributed by atoms with Crippen LogP contribution in [0.5, 0.6) is 0 Å². The number of anilines is 1. The zero-order valence-electron chi connectivity index (χ0n) is 14.1. The average molecular weight is 357 g/mol. The Balaban J connectivity index is 1.98. The minimum absolute atomic E-state index is 0.00915. The lowest BCUT2D eigenvalue weighted by atomic mass is 10.0. The standard InChI is InChI=1S/C20H18F3N3/c21-20(22,23)16-8-4-7-15-18(26-11-9-24-10-12-26)13-17(25-19(15)16)14-5-2-1-3-6-14/h1-8,13,24H,9-12H2. The van der Waals surface area contributed by atoms with E-state index in [9.17, 15) is 13.2 Å². The van der Waals surface area contributed by atoms with Crippen LogP contribution in [0.3, 0.4) is 0 Å². The van der Waals surface area contributed by atoms with Crippen LogP contribution in [-0.4, -0.2) is 31.2 Å². The van der Waals surface area contributed by atoms with Gasteiger partial charge in [0.1, 0.15) is 0 Å². The normalized spacial score (nSPS) is 15.4. The lowest BCUT2D eigenvalue weighted by Crippen LogP contribution is -2.43. The monoisotopic (exact) mass is 357 g/mol. The van der Waals surface area contributed by atoms with E-state index in [1.54, 1.807) is 6.07 Å². The molecule has 1 aromatic heterocycles. The molecule has 4 rings (SSSR count). The molecule has 1 saturated heterocycles. The quantitative estimate of drug-likeness (QED) is 0.740.